The van der Waals surface area contributed by atoms with Gasteiger partial charge in [0.25, 0.3) is 0 Å². The first-order valence-corrected chi connectivity index (χ1v) is 27.3. The third kappa shape index (κ3) is 8.79. The lowest BCUT2D eigenvalue weighted by Gasteiger charge is -2.71. The maximum Gasteiger partial charge on any atom is 0.335 e. The van der Waals surface area contributed by atoms with Crippen LogP contribution in [0.3, 0.4) is 0 Å². The van der Waals surface area contributed by atoms with Crippen molar-refractivity contribution in [1.29, 1.82) is 0 Å². The Morgan fingerprint density at radius 2 is 1.25 bits per heavy atom. The summed E-state index contributed by atoms with van der Waals surface area (Å²) in [6.07, 6.45) is -29.8. The van der Waals surface area contributed by atoms with Crippen molar-refractivity contribution in [2.45, 2.75) is 235 Å². The van der Waals surface area contributed by atoms with Gasteiger partial charge in [0, 0.05) is 17.3 Å². The quantitative estimate of drug-likeness (QED) is 0.0657. The molecule has 436 valence electrons. The third-order valence-electron chi connectivity index (χ3n) is 21.7. The molecule has 5 aliphatic carbocycles. The SMILES string of the molecule is CC1OC(OC2C(OC3C(OC4CCC5(C)C(CCC6(C)C5CC=C5C7CC8(C)CC(OC8=O)C7(C)CCC56C)C4(C)CO)OC(C(=O)O)C(O)C3O)OC(C(=O)O)C(O)C2OC2OCC(O)C(O)C2O)C(O)C(O)C1O. The molecule has 30 atom stereocenters. The summed E-state index contributed by atoms with van der Waals surface area (Å²) < 4.78 is 54.1. The molecule has 9 fully saturated rings. The predicted molar refractivity (Wildman–Crippen MR) is 256 cm³/mol. The highest BCUT2D eigenvalue weighted by Crippen LogP contribution is 2.76. The number of aliphatic carboxylic acids is 2. The molecule has 12 N–H and O–H groups in total. The van der Waals surface area contributed by atoms with Gasteiger partial charge in [0.1, 0.15) is 79.4 Å². The fourth-order valence-electron chi connectivity index (χ4n) is 16.7. The number of hydrogen-bond donors (Lipinski definition) is 12. The standard InChI is InChI=1S/C53H80O24/c1-20-28(56)30(58)34(62)44(70-20)77-40-36(73-43-33(61)29(57)23(55)18-69-43)35(63)38(42(66)67)75-46(40)76-39-32(60)31(59)37(41(64)65)74-45(39)71-26-11-12-50(4)24(51(26,5)19-54)10-13-53(7)25(50)9-8-21-22-16-48(2)17-27(72-47(48)68)49(22,3)14-15-52(21,53)6/h8,20,22-40,43-46,54-63H,9-19H2,1-7H3,(H,64,65)(H,66,67). The second kappa shape index (κ2) is 20.1. The minimum Gasteiger partial charge on any atom is -0.479 e. The molecule has 5 aliphatic heterocycles. The maximum absolute atomic E-state index is 13.3. The second-order valence-corrected chi connectivity index (χ2v) is 25.8. The van der Waals surface area contributed by atoms with Gasteiger partial charge in [-0.15, -0.1) is 0 Å². The molecule has 2 bridgehead atoms. The fraction of sp³-hybridized carbons (Fsp3) is 0.906. The summed E-state index contributed by atoms with van der Waals surface area (Å²) >= 11 is 0. The lowest BCUT2D eigenvalue weighted by atomic mass is 9.33. The van der Waals surface area contributed by atoms with E-state index < -0.39 is 159 Å². The van der Waals surface area contributed by atoms with Gasteiger partial charge in [-0.3, -0.25) is 4.79 Å². The van der Waals surface area contributed by atoms with Crippen LogP contribution in [0.25, 0.3) is 0 Å². The number of fused-ring (bicyclic) bond motifs is 10. The monoisotopic (exact) mass is 1100 g/mol. The van der Waals surface area contributed by atoms with E-state index in [1.165, 1.54) is 12.5 Å². The van der Waals surface area contributed by atoms with Crippen molar-refractivity contribution in [3.63, 3.8) is 0 Å². The van der Waals surface area contributed by atoms with Crippen LogP contribution in [-0.4, -0.2) is 221 Å². The Balaban J connectivity index is 0.959. The van der Waals surface area contributed by atoms with Crippen molar-refractivity contribution in [2.75, 3.05) is 13.2 Å². The van der Waals surface area contributed by atoms with Gasteiger partial charge in [0.15, 0.2) is 37.4 Å². The van der Waals surface area contributed by atoms with Crippen LogP contribution in [-0.2, 0) is 57.0 Å². The van der Waals surface area contributed by atoms with Crippen molar-refractivity contribution >= 4 is 17.9 Å². The highest BCUT2D eigenvalue weighted by atomic mass is 16.8. The molecule has 0 amide bonds. The molecule has 0 aromatic carbocycles. The molecule has 4 saturated carbocycles. The Labute approximate surface area is 445 Å². The number of carbonyl (C=O) groups is 3. The van der Waals surface area contributed by atoms with Gasteiger partial charge < -0.3 is 104 Å². The number of esters is 1. The number of aliphatic hydroxyl groups is 10. The predicted octanol–water partition coefficient (Wildman–Crippen LogP) is -1.20. The second-order valence-electron chi connectivity index (χ2n) is 25.8. The van der Waals surface area contributed by atoms with E-state index in [1.54, 1.807) is 0 Å². The first kappa shape index (κ1) is 57.7. The van der Waals surface area contributed by atoms with Crippen LogP contribution in [0.15, 0.2) is 11.6 Å². The summed E-state index contributed by atoms with van der Waals surface area (Å²) in [6.45, 7) is 13.6. The van der Waals surface area contributed by atoms with Crippen LogP contribution in [0.5, 0.6) is 0 Å². The molecule has 0 aromatic heterocycles. The Hall–Kier alpha value is -2.57. The summed E-state index contributed by atoms with van der Waals surface area (Å²) in [5.41, 5.74) is -1.12. The van der Waals surface area contributed by atoms with Gasteiger partial charge in [0.05, 0.1) is 30.8 Å². The number of carbonyl (C=O) groups excluding carboxylic acids is 1. The van der Waals surface area contributed by atoms with E-state index >= 15 is 0 Å². The molecule has 30 unspecified atom stereocenters. The Morgan fingerprint density at radius 3 is 1.91 bits per heavy atom. The lowest BCUT2D eigenvalue weighted by Crippen LogP contribution is -2.69. The van der Waals surface area contributed by atoms with Crippen LogP contribution in [0.4, 0.5) is 0 Å². The van der Waals surface area contributed by atoms with E-state index in [0.717, 1.165) is 38.5 Å². The van der Waals surface area contributed by atoms with Crippen LogP contribution in [0, 0.1) is 50.2 Å². The highest BCUT2D eigenvalue weighted by molar-refractivity contribution is 5.79. The molecule has 0 radical (unpaired) electrons. The Kier molecular flexibility index (Phi) is 15.1. The zero-order chi connectivity index (χ0) is 56.0. The van der Waals surface area contributed by atoms with Gasteiger partial charge in [-0.05, 0) is 99.2 Å². The van der Waals surface area contributed by atoms with Gasteiger partial charge in [-0.1, -0.05) is 46.3 Å². The molecule has 24 heteroatoms. The van der Waals surface area contributed by atoms with Crippen molar-refractivity contribution in [1.82, 2.24) is 0 Å². The highest BCUT2D eigenvalue weighted by Gasteiger charge is 2.72. The average molecular weight is 1100 g/mol. The summed E-state index contributed by atoms with van der Waals surface area (Å²) in [6, 6.07) is 0. The number of carboxylic acid groups (broad SMARTS) is 2. The van der Waals surface area contributed by atoms with E-state index in [0.29, 0.717) is 12.8 Å². The average Bonchev–Trinajstić information content (AvgIpc) is 3.65. The van der Waals surface area contributed by atoms with Gasteiger partial charge in [0.2, 0.25) is 0 Å². The topological polar surface area (TPSA) is 377 Å². The van der Waals surface area contributed by atoms with Crippen LogP contribution < -0.4 is 0 Å². The van der Waals surface area contributed by atoms with E-state index in [1.807, 2.05) is 13.8 Å². The fourth-order valence-corrected chi connectivity index (χ4v) is 16.7. The van der Waals surface area contributed by atoms with Crippen LogP contribution in [0.2, 0.25) is 0 Å². The summed E-state index contributed by atoms with van der Waals surface area (Å²) in [4.78, 5) is 38.8. The van der Waals surface area contributed by atoms with Crippen molar-refractivity contribution < 1.29 is 118 Å². The van der Waals surface area contributed by atoms with E-state index in [9.17, 15) is 75.7 Å². The smallest absolute Gasteiger partial charge is 0.335 e. The van der Waals surface area contributed by atoms with Crippen LogP contribution in [0.1, 0.15) is 106 Å². The van der Waals surface area contributed by atoms with Gasteiger partial charge in [-0.2, -0.15) is 0 Å². The first-order chi connectivity index (χ1) is 36.0. The normalized spacial score (nSPS) is 56.4. The van der Waals surface area contributed by atoms with Crippen molar-refractivity contribution in [3.8, 4) is 0 Å². The van der Waals surface area contributed by atoms with Gasteiger partial charge in [-0.25, -0.2) is 9.59 Å². The third-order valence-corrected chi connectivity index (χ3v) is 21.7. The zero-order valence-corrected chi connectivity index (χ0v) is 44.5. The molecule has 10 rings (SSSR count). The number of carboxylic acids is 2. The van der Waals surface area contributed by atoms with Crippen molar-refractivity contribution in [2.24, 2.45) is 50.2 Å². The molecule has 0 aromatic rings. The summed E-state index contributed by atoms with van der Waals surface area (Å²) in [7, 11) is 0. The van der Waals surface area contributed by atoms with Gasteiger partial charge >= 0.3 is 17.9 Å². The summed E-state index contributed by atoms with van der Waals surface area (Å²) in [5.74, 6) is -3.49. The molecular formula is C53H80O24. The summed E-state index contributed by atoms with van der Waals surface area (Å²) in [5, 5.41) is 131. The number of allylic oxidation sites excluding steroid dienone is 2. The Bertz CT molecular complexity index is 2290. The lowest BCUT2D eigenvalue weighted by molar-refractivity contribution is -0.405. The largest absolute Gasteiger partial charge is 0.479 e. The molecule has 5 heterocycles. The van der Waals surface area contributed by atoms with E-state index in [2.05, 4.69) is 33.8 Å². The molecule has 5 saturated heterocycles. The molecule has 0 spiro atoms. The molecule has 77 heavy (non-hydrogen) atoms. The number of aliphatic hydroxyl groups excluding tert-OH is 10. The first-order valence-electron chi connectivity index (χ1n) is 27.3. The maximum atomic E-state index is 13.3. The Morgan fingerprint density at radius 1 is 0.623 bits per heavy atom. The molecule has 24 nitrogen and oxygen atoms in total. The minimum absolute atomic E-state index is 0.109. The van der Waals surface area contributed by atoms with E-state index in [-0.39, 0.29) is 57.9 Å². The minimum atomic E-state index is -2.29. The number of hydrogen-bond acceptors (Lipinski definition) is 22. The molecular weight excluding hydrogens is 1020 g/mol. The molecule has 10 aliphatic rings. The van der Waals surface area contributed by atoms with Crippen LogP contribution >= 0.6 is 0 Å². The zero-order valence-electron chi connectivity index (χ0n) is 44.5. The number of ether oxygens (including phenoxy) is 9. The van der Waals surface area contributed by atoms with E-state index in [4.69, 9.17) is 42.6 Å². The van der Waals surface area contributed by atoms with Crippen molar-refractivity contribution in [3.05, 3.63) is 11.6 Å². The number of rotatable bonds is 11.